The zero-order chi connectivity index (χ0) is 16.7. The molecule has 1 aliphatic carbocycles. The number of amides is 1. The summed E-state index contributed by atoms with van der Waals surface area (Å²) in [5.41, 5.74) is 3.09. The summed E-state index contributed by atoms with van der Waals surface area (Å²) < 4.78 is 5.24. The highest BCUT2D eigenvalue weighted by Gasteiger charge is 2.47. The van der Waals surface area contributed by atoms with Crippen molar-refractivity contribution in [3.63, 3.8) is 0 Å². The van der Waals surface area contributed by atoms with E-state index in [4.69, 9.17) is 4.52 Å². The van der Waals surface area contributed by atoms with E-state index >= 15 is 0 Å². The van der Waals surface area contributed by atoms with Crippen molar-refractivity contribution in [2.45, 2.75) is 57.8 Å². The lowest BCUT2D eigenvalue weighted by atomic mass is 10.0. The highest BCUT2D eigenvalue weighted by Crippen LogP contribution is 2.41. The maximum Gasteiger partial charge on any atom is 0.225 e. The molecular formula is C18H22N4O2. The van der Waals surface area contributed by atoms with Gasteiger partial charge in [0.1, 0.15) is 5.76 Å². The van der Waals surface area contributed by atoms with Crippen molar-refractivity contribution < 1.29 is 9.32 Å². The van der Waals surface area contributed by atoms with Gasteiger partial charge in [-0.25, -0.2) is 0 Å². The standard InChI is InChI=1S/C18H22N4O2/c1-11-15(12(2)24-21-11)10-20-16-8-17(23)22(14-5-6-14)18(16)13-4-3-7-19-9-13/h3-4,7,9,14,16,18,20H,5-6,8,10H2,1-2H3/t16-,18+/m1/s1. The maximum absolute atomic E-state index is 12.6. The molecule has 6 heteroatoms. The van der Waals surface area contributed by atoms with Gasteiger partial charge in [-0.1, -0.05) is 11.2 Å². The lowest BCUT2D eigenvalue weighted by molar-refractivity contribution is -0.129. The van der Waals surface area contributed by atoms with E-state index in [0.29, 0.717) is 19.0 Å². The minimum atomic E-state index is 0.0548. The Bertz CT molecular complexity index is 719. The van der Waals surface area contributed by atoms with Crippen LogP contribution in [-0.4, -0.2) is 33.0 Å². The van der Waals surface area contributed by atoms with Gasteiger partial charge in [0.2, 0.25) is 5.91 Å². The predicted octanol–water partition coefficient (Wildman–Crippen LogP) is 2.28. The molecule has 1 N–H and O–H groups in total. The first kappa shape index (κ1) is 15.3. The van der Waals surface area contributed by atoms with Gasteiger partial charge in [-0.2, -0.15) is 0 Å². The van der Waals surface area contributed by atoms with E-state index in [1.165, 1.54) is 0 Å². The van der Waals surface area contributed by atoms with E-state index in [2.05, 4.69) is 26.4 Å². The summed E-state index contributed by atoms with van der Waals surface area (Å²) >= 11 is 0. The lowest BCUT2D eigenvalue weighted by Crippen LogP contribution is -2.37. The molecule has 0 bridgehead atoms. The first-order valence-corrected chi connectivity index (χ1v) is 8.51. The molecule has 0 spiro atoms. The van der Waals surface area contributed by atoms with E-state index in [1.54, 1.807) is 6.20 Å². The van der Waals surface area contributed by atoms with E-state index in [0.717, 1.165) is 35.4 Å². The molecule has 0 radical (unpaired) electrons. The fourth-order valence-corrected chi connectivity index (χ4v) is 3.65. The third-order valence-corrected chi connectivity index (χ3v) is 5.05. The summed E-state index contributed by atoms with van der Waals surface area (Å²) in [7, 11) is 0. The number of likely N-dealkylation sites (tertiary alicyclic amines) is 1. The van der Waals surface area contributed by atoms with Crippen LogP contribution in [0.2, 0.25) is 0 Å². The molecule has 126 valence electrons. The van der Waals surface area contributed by atoms with E-state index in [-0.39, 0.29) is 18.0 Å². The van der Waals surface area contributed by atoms with Gasteiger partial charge in [-0.15, -0.1) is 0 Å². The molecule has 2 aliphatic rings. The molecule has 1 saturated carbocycles. The number of aryl methyl sites for hydroxylation is 2. The number of carbonyl (C=O) groups is 1. The van der Waals surface area contributed by atoms with E-state index < -0.39 is 0 Å². The minimum absolute atomic E-state index is 0.0548. The van der Waals surface area contributed by atoms with Gasteiger partial charge < -0.3 is 14.7 Å². The number of pyridine rings is 1. The topological polar surface area (TPSA) is 71.3 Å². The molecule has 0 unspecified atom stereocenters. The van der Waals surface area contributed by atoms with E-state index in [9.17, 15) is 4.79 Å². The number of nitrogens with one attached hydrogen (secondary N) is 1. The minimum Gasteiger partial charge on any atom is -0.361 e. The molecule has 2 aromatic heterocycles. The highest BCUT2D eigenvalue weighted by atomic mass is 16.5. The number of hydrogen-bond donors (Lipinski definition) is 1. The van der Waals surface area contributed by atoms with Gasteiger partial charge in [-0.3, -0.25) is 9.78 Å². The molecule has 0 aromatic carbocycles. The SMILES string of the molecule is Cc1noc(C)c1CN[C@@H]1CC(=O)N(C2CC2)[C@H]1c1cccnc1. The van der Waals surface area contributed by atoms with Crippen LogP contribution in [0.15, 0.2) is 29.0 Å². The number of rotatable bonds is 5. The average molecular weight is 326 g/mol. The number of nitrogens with zero attached hydrogens (tertiary/aromatic N) is 3. The summed E-state index contributed by atoms with van der Waals surface area (Å²) in [6.07, 6.45) is 6.40. The van der Waals surface area contributed by atoms with Crippen molar-refractivity contribution in [1.29, 1.82) is 0 Å². The van der Waals surface area contributed by atoms with Crippen molar-refractivity contribution in [2.75, 3.05) is 0 Å². The van der Waals surface area contributed by atoms with Crippen LogP contribution >= 0.6 is 0 Å². The molecule has 1 aliphatic heterocycles. The Balaban J connectivity index is 1.57. The van der Waals surface area contributed by atoms with Crippen LogP contribution in [0, 0.1) is 13.8 Å². The predicted molar refractivity (Wildman–Crippen MR) is 88.1 cm³/mol. The van der Waals surface area contributed by atoms with Crippen LogP contribution in [-0.2, 0) is 11.3 Å². The summed E-state index contributed by atoms with van der Waals surface area (Å²) in [6, 6.07) is 4.54. The third kappa shape index (κ3) is 2.71. The summed E-state index contributed by atoms with van der Waals surface area (Å²) in [4.78, 5) is 18.9. The molecule has 24 heavy (non-hydrogen) atoms. The van der Waals surface area contributed by atoms with Gasteiger partial charge in [0.15, 0.2) is 0 Å². The largest absolute Gasteiger partial charge is 0.361 e. The molecule has 2 fully saturated rings. The monoisotopic (exact) mass is 326 g/mol. The second-order valence-corrected chi connectivity index (χ2v) is 6.76. The van der Waals surface area contributed by atoms with Gasteiger partial charge in [0.05, 0.1) is 11.7 Å². The van der Waals surface area contributed by atoms with Crippen molar-refractivity contribution >= 4 is 5.91 Å². The molecule has 2 aromatic rings. The molecule has 1 saturated heterocycles. The summed E-state index contributed by atoms with van der Waals surface area (Å²) in [5.74, 6) is 1.07. The fraction of sp³-hybridized carbons (Fsp3) is 0.500. The average Bonchev–Trinajstić information content (AvgIpc) is 3.30. The lowest BCUT2D eigenvalue weighted by Gasteiger charge is -2.29. The Morgan fingerprint density at radius 2 is 2.21 bits per heavy atom. The Labute approximate surface area is 141 Å². The Morgan fingerprint density at radius 1 is 1.38 bits per heavy atom. The zero-order valence-corrected chi connectivity index (χ0v) is 14.0. The summed E-state index contributed by atoms with van der Waals surface area (Å²) in [5, 5.41) is 7.57. The van der Waals surface area contributed by atoms with Gasteiger partial charge in [0, 0.05) is 43.0 Å². The second-order valence-electron chi connectivity index (χ2n) is 6.76. The summed E-state index contributed by atoms with van der Waals surface area (Å²) in [6.45, 7) is 4.53. The second kappa shape index (κ2) is 6.02. The molecule has 4 rings (SSSR count). The number of carbonyl (C=O) groups excluding carboxylic acids is 1. The van der Waals surface area contributed by atoms with Gasteiger partial charge in [0.25, 0.3) is 0 Å². The number of aromatic nitrogens is 2. The van der Waals surface area contributed by atoms with Gasteiger partial charge in [-0.05, 0) is 38.3 Å². The van der Waals surface area contributed by atoms with Crippen LogP contribution in [0.3, 0.4) is 0 Å². The Hall–Kier alpha value is -2.21. The van der Waals surface area contributed by atoms with E-state index in [1.807, 2.05) is 26.1 Å². The zero-order valence-electron chi connectivity index (χ0n) is 14.0. The van der Waals surface area contributed by atoms with Crippen LogP contribution in [0.5, 0.6) is 0 Å². The van der Waals surface area contributed by atoms with Gasteiger partial charge >= 0.3 is 0 Å². The Kier molecular flexibility index (Phi) is 3.84. The third-order valence-electron chi connectivity index (χ3n) is 5.05. The molecule has 2 atom stereocenters. The van der Waals surface area contributed by atoms with Crippen LogP contribution in [0.25, 0.3) is 0 Å². The highest BCUT2D eigenvalue weighted by molar-refractivity contribution is 5.81. The molecule has 1 amide bonds. The molecule has 3 heterocycles. The Morgan fingerprint density at radius 3 is 2.83 bits per heavy atom. The maximum atomic E-state index is 12.6. The molecular weight excluding hydrogens is 304 g/mol. The smallest absolute Gasteiger partial charge is 0.225 e. The number of hydrogen-bond acceptors (Lipinski definition) is 5. The normalized spacial score (nSPS) is 23.9. The van der Waals surface area contributed by atoms with Crippen LogP contribution in [0.1, 0.15) is 47.9 Å². The van der Waals surface area contributed by atoms with Crippen molar-refractivity contribution in [1.82, 2.24) is 20.4 Å². The van der Waals surface area contributed by atoms with Crippen molar-refractivity contribution in [2.24, 2.45) is 0 Å². The quantitative estimate of drug-likeness (QED) is 0.913. The first-order valence-electron chi connectivity index (χ1n) is 8.51. The van der Waals surface area contributed by atoms with Crippen molar-refractivity contribution in [3.8, 4) is 0 Å². The van der Waals surface area contributed by atoms with Crippen molar-refractivity contribution in [3.05, 3.63) is 47.1 Å². The van der Waals surface area contributed by atoms with Crippen LogP contribution < -0.4 is 5.32 Å². The van der Waals surface area contributed by atoms with Crippen LogP contribution in [0.4, 0.5) is 0 Å². The fourth-order valence-electron chi connectivity index (χ4n) is 3.65. The molecule has 6 nitrogen and oxygen atoms in total. The first-order chi connectivity index (χ1) is 11.6.